The van der Waals surface area contributed by atoms with E-state index in [-0.39, 0.29) is 11.9 Å². The first kappa shape index (κ1) is 15.1. The van der Waals surface area contributed by atoms with E-state index in [1.165, 1.54) is 12.8 Å². The van der Waals surface area contributed by atoms with Gasteiger partial charge in [0.1, 0.15) is 5.75 Å². The molecule has 6 heteroatoms. The monoisotopic (exact) mass is 372 g/mol. The molecule has 0 aliphatic carbocycles. The number of methoxy groups -OCH3 is 1. The van der Waals surface area contributed by atoms with E-state index < -0.39 is 0 Å². The second-order valence-corrected chi connectivity index (χ2v) is 6.98. The Bertz CT molecular complexity index is 559. The molecule has 3 saturated heterocycles. The third kappa shape index (κ3) is 3.05. The van der Waals surface area contributed by atoms with Crippen LogP contribution in [0.3, 0.4) is 0 Å². The number of carbonyl (C=O) groups excluding carboxylic acids is 1. The second kappa shape index (κ2) is 6.15. The minimum absolute atomic E-state index is 0.117. The van der Waals surface area contributed by atoms with Gasteiger partial charge in [-0.2, -0.15) is 0 Å². The maximum Gasteiger partial charge on any atom is 0.255 e. The molecule has 0 aromatic heterocycles. The smallest absolute Gasteiger partial charge is 0.255 e. The second-order valence-electron chi connectivity index (χ2n) is 5.69. The maximum absolute atomic E-state index is 12.6. The fraction of sp³-hybridized carbons (Fsp3) is 0.533. The van der Waals surface area contributed by atoms with Gasteiger partial charge in [0.15, 0.2) is 0 Å². The van der Waals surface area contributed by atoms with Crippen molar-refractivity contribution in [3.05, 3.63) is 27.2 Å². The van der Waals surface area contributed by atoms with Crippen LogP contribution in [0.1, 0.15) is 23.2 Å². The van der Waals surface area contributed by atoms with Gasteiger partial charge in [-0.15, -0.1) is 0 Å². The predicted molar refractivity (Wildman–Crippen MR) is 86.1 cm³/mol. The molecule has 0 unspecified atom stereocenters. The standard InChI is InChI=1S/C15H18BrClN2O2/c1-21-14-11(6-10(17)7-12(14)16)15(20)18-13-8-19-4-2-9(13)3-5-19/h6-7,9,13H,2-5,8H2,1H3,(H,18,20)/t13-/m1/s1. The largest absolute Gasteiger partial charge is 0.495 e. The van der Waals surface area contributed by atoms with E-state index >= 15 is 0 Å². The van der Waals surface area contributed by atoms with Gasteiger partial charge in [-0.25, -0.2) is 0 Å². The average Bonchev–Trinajstić information content (AvgIpc) is 2.47. The number of ether oxygens (including phenoxy) is 1. The van der Waals surface area contributed by atoms with Crippen molar-refractivity contribution in [2.24, 2.45) is 5.92 Å². The van der Waals surface area contributed by atoms with Crippen LogP contribution in [-0.4, -0.2) is 43.6 Å². The zero-order valence-corrected chi connectivity index (χ0v) is 14.2. The first-order chi connectivity index (χ1) is 10.1. The zero-order chi connectivity index (χ0) is 15.0. The Morgan fingerprint density at radius 3 is 2.71 bits per heavy atom. The Labute approximate surface area is 137 Å². The number of piperidine rings is 3. The summed E-state index contributed by atoms with van der Waals surface area (Å²) in [6.07, 6.45) is 2.34. The molecule has 1 aromatic rings. The molecule has 3 aliphatic heterocycles. The van der Waals surface area contributed by atoms with E-state index in [1.54, 1.807) is 19.2 Å². The van der Waals surface area contributed by atoms with E-state index in [2.05, 4.69) is 26.1 Å². The first-order valence-electron chi connectivity index (χ1n) is 7.14. The van der Waals surface area contributed by atoms with Crippen molar-refractivity contribution in [3.63, 3.8) is 0 Å². The summed E-state index contributed by atoms with van der Waals surface area (Å²) in [4.78, 5) is 15.0. The van der Waals surface area contributed by atoms with Crippen LogP contribution in [0.2, 0.25) is 5.02 Å². The molecule has 1 amide bonds. The highest BCUT2D eigenvalue weighted by atomic mass is 79.9. The highest BCUT2D eigenvalue weighted by Gasteiger charge is 2.35. The maximum atomic E-state index is 12.6. The lowest BCUT2D eigenvalue weighted by Gasteiger charge is -2.44. The molecule has 0 saturated carbocycles. The third-order valence-corrected chi connectivity index (χ3v) is 5.24. The molecule has 2 bridgehead atoms. The van der Waals surface area contributed by atoms with E-state index in [1.807, 2.05) is 0 Å². The SMILES string of the molecule is COc1c(Br)cc(Cl)cc1C(=O)N[C@@H]1CN2CCC1CC2. The van der Waals surface area contributed by atoms with Gasteiger partial charge in [0.25, 0.3) is 5.91 Å². The summed E-state index contributed by atoms with van der Waals surface area (Å²) in [6, 6.07) is 3.61. The van der Waals surface area contributed by atoms with Crippen LogP contribution in [0.4, 0.5) is 0 Å². The summed E-state index contributed by atoms with van der Waals surface area (Å²) in [5, 5.41) is 3.67. The highest BCUT2D eigenvalue weighted by molar-refractivity contribution is 9.10. The van der Waals surface area contributed by atoms with Crippen molar-refractivity contribution < 1.29 is 9.53 Å². The van der Waals surface area contributed by atoms with E-state index in [9.17, 15) is 4.79 Å². The summed E-state index contributed by atoms with van der Waals surface area (Å²) >= 11 is 9.44. The number of carbonyl (C=O) groups is 1. The summed E-state index contributed by atoms with van der Waals surface area (Å²) in [6.45, 7) is 3.26. The minimum atomic E-state index is -0.117. The number of fused-ring (bicyclic) bond motifs is 3. The number of nitrogens with one attached hydrogen (secondary N) is 1. The normalized spacial score (nSPS) is 27.5. The number of amides is 1. The Morgan fingerprint density at radius 1 is 1.43 bits per heavy atom. The molecule has 1 aromatic carbocycles. The van der Waals surface area contributed by atoms with Gasteiger partial charge in [0.05, 0.1) is 17.1 Å². The average molecular weight is 374 g/mol. The van der Waals surface area contributed by atoms with Crippen molar-refractivity contribution in [2.75, 3.05) is 26.7 Å². The van der Waals surface area contributed by atoms with Gasteiger partial charge < -0.3 is 15.0 Å². The van der Waals surface area contributed by atoms with Crippen molar-refractivity contribution >= 4 is 33.4 Å². The number of benzene rings is 1. The summed E-state index contributed by atoms with van der Waals surface area (Å²) in [5.74, 6) is 1.000. The van der Waals surface area contributed by atoms with Gasteiger partial charge in [0, 0.05) is 17.6 Å². The number of hydrogen-bond donors (Lipinski definition) is 1. The molecule has 1 atom stereocenters. The summed E-state index contributed by atoms with van der Waals surface area (Å²) in [5.41, 5.74) is 0.480. The Balaban J connectivity index is 1.79. The molecule has 0 spiro atoms. The topological polar surface area (TPSA) is 41.6 Å². The Hall–Kier alpha value is -0.780. The Morgan fingerprint density at radius 2 is 2.14 bits per heavy atom. The summed E-state index contributed by atoms with van der Waals surface area (Å²) in [7, 11) is 1.55. The third-order valence-electron chi connectivity index (χ3n) is 4.43. The number of nitrogens with zero attached hydrogens (tertiary/aromatic N) is 1. The van der Waals surface area contributed by atoms with Crippen LogP contribution in [0.25, 0.3) is 0 Å². The molecule has 4 nitrogen and oxygen atoms in total. The number of halogens is 2. The van der Waals surface area contributed by atoms with Crippen molar-refractivity contribution in [1.29, 1.82) is 0 Å². The van der Waals surface area contributed by atoms with Gasteiger partial charge in [-0.05, 0) is 59.9 Å². The lowest BCUT2D eigenvalue weighted by Crippen LogP contribution is -2.57. The fourth-order valence-electron chi connectivity index (χ4n) is 3.31. The molecule has 3 aliphatic rings. The fourth-order valence-corrected chi connectivity index (χ4v) is 4.28. The molecule has 1 N–H and O–H groups in total. The quantitative estimate of drug-likeness (QED) is 0.886. The molecular formula is C15H18BrClN2O2. The van der Waals surface area contributed by atoms with E-state index in [4.69, 9.17) is 16.3 Å². The molecule has 114 valence electrons. The van der Waals surface area contributed by atoms with Crippen LogP contribution in [0.15, 0.2) is 16.6 Å². The van der Waals surface area contributed by atoms with Crippen LogP contribution in [0, 0.1) is 5.92 Å². The lowest BCUT2D eigenvalue weighted by atomic mass is 9.84. The van der Waals surface area contributed by atoms with Gasteiger partial charge >= 0.3 is 0 Å². The Kier molecular flexibility index (Phi) is 4.43. The molecule has 4 rings (SSSR count). The van der Waals surface area contributed by atoms with Crippen LogP contribution in [0.5, 0.6) is 5.75 Å². The van der Waals surface area contributed by atoms with Crippen LogP contribution < -0.4 is 10.1 Å². The summed E-state index contributed by atoms with van der Waals surface area (Å²) < 4.78 is 6.02. The van der Waals surface area contributed by atoms with Crippen LogP contribution in [-0.2, 0) is 0 Å². The van der Waals surface area contributed by atoms with Gasteiger partial charge in [-0.3, -0.25) is 4.79 Å². The van der Waals surface area contributed by atoms with Crippen LogP contribution >= 0.6 is 27.5 Å². The van der Waals surface area contributed by atoms with Gasteiger partial charge in [0.2, 0.25) is 0 Å². The predicted octanol–water partition coefficient (Wildman–Crippen LogP) is 2.94. The van der Waals surface area contributed by atoms with E-state index in [0.29, 0.717) is 26.7 Å². The van der Waals surface area contributed by atoms with E-state index in [0.717, 1.165) is 19.6 Å². The minimum Gasteiger partial charge on any atom is -0.495 e. The molecule has 3 heterocycles. The van der Waals surface area contributed by atoms with Crippen molar-refractivity contribution in [1.82, 2.24) is 10.2 Å². The molecular weight excluding hydrogens is 356 g/mol. The van der Waals surface area contributed by atoms with Crippen molar-refractivity contribution in [2.45, 2.75) is 18.9 Å². The molecule has 3 fully saturated rings. The highest BCUT2D eigenvalue weighted by Crippen LogP contribution is 2.33. The number of rotatable bonds is 3. The first-order valence-corrected chi connectivity index (χ1v) is 8.32. The zero-order valence-electron chi connectivity index (χ0n) is 11.9. The molecule has 21 heavy (non-hydrogen) atoms. The number of hydrogen-bond acceptors (Lipinski definition) is 3. The molecule has 0 radical (unpaired) electrons. The van der Waals surface area contributed by atoms with Crippen molar-refractivity contribution in [3.8, 4) is 5.75 Å². The lowest BCUT2D eigenvalue weighted by molar-refractivity contribution is 0.0619. The van der Waals surface area contributed by atoms with Gasteiger partial charge in [-0.1, -0.05) is 11.6 Å².